The van der Waals surface area contributed by atoms with Gasteiger partial charge in [0, 0.05) is 17.1 Å². The van der Waals surface area contributed by atoms with Crippen molar-refractivity contribution >= 4 is 16.9 Å². The number of carbonyl (C=O) groups is 1. The molecule has 1 unspecified atom stereocenters. The smallest absolute Gasteiger partial charge is 0.311 e. The number of nitrogens with one attached hydrogen (secondary N) is 1. The fourth-order valence-corrected chi connectivity index (χ4v) is 2.21. The molecule has 2 rings (SSSR count). The first-order valence-electron chi connectivity index (χ1n) is 5.88. The van der Waals surface area contributed by atoms with Gasteiger partial charge in [0.1, 0.15) is 0 Å². The summed E-state index contributed by atoms with van der Waals surface area (Å²) in [6, 6.07) is 7.82. The maximum atomic E-state index is 11.4. The topological polar surface area (TPSA) is 53.1 Å². The zero-order valence-electron chi connectivity index (χ0n) is 10.1. The average molecular weight is 231 g/mol. The zero-order chi connectivity index (χ0) is 12.4. The quantitative estimate of drug-likeness (QED) is 0.847. The average Bonchev–Trinajstić information content (AvgIpc) is 2.69. The van der Waals surface area contributed by atoms with Crippen LogP contribution >= 0.6 is 0 Å². The van der Waals surface area contributed by atoms with Crippen LogP contribution < -0.4 is 0 Å². The molecule has 1 aromatic heterocycles. The van der Waals surface area contributed by atoms with Crippen LogP contribution in [0.4, 0.5) is 0 Å². The standard InChI is InChI=1S/C14H17NO2/c1-9(2)7-11(14(16)17)12-8-15-13-6-4-3-5-10(12)13/h3-6,8-9,11,15H,7H2,1-2H3,(H,16,17). The van der Waals surface area contributed by atoms with Gasteiger partial charge in [-0.15, -0.1) is 0 Å². The van der Waals surface area contributed by atoms with E-state index in [1.165, 1.54) is 0 Å². The number of carboxylic acid groups (broad SMARTS) is 1. The number of aromatic nitrogens is 1. The first kappa shape index (κ1) is 11.7. The van der Waals surface area contributed by atoms with E-state index in [4.69, 9.17) is 0 Å². The Kier molecular flexibility index (Phi) is 3.18. The number of para-hydroxylation sites is 1. The first-order valence-corrected chi connectivity index (χ1v) is 5.88. The van der Waals surface area contributed by atoms with Gasteiger partial charge in [-0.25, -0.2) is 0 Å². The lowest BCUT2D eigenvalue weighted by Crippen LogP contribution is -2.13. The van der Waals surface area contributed by atoms with Crippen molar-refractivity contribution in [3.8, 4) is 0 Å². The zero-order valence-corrected chi connectivity index (χ0v) is 10.1. The lowest BCUT2D eigenvalue weighted by molar-refractivity contribution is -0.139. The van der Waals surface area contributed by atoms with Crippen LogP contribution in [0.5, 0.6) is 0 Å². The van der Waals surface area contributed by atoms with Crippen molar-refractivity contribution in [1.29, 1.82) is 0 Å². The third-order valence-electron chi connectivity index (χ3n) is 3.00. The summed E-state index contributed by atoms with van der Waals surface area (Å²) >= 11 is 0. The van der Waals surface area contributed by atoms with E-state index >= 15 is 0 Å². The minimum absolute atomic E-state index is 0.366. The number of benzene rings is 1. The first-order chi connectivity index (χ1) is 8.09. The van der Waals surface area contributed by atoms with E-state index in [1.807, 2.05) is 44.3 Å². The second-order valence-electron chi connectivity index (χ2n) is 4.81. The molecule has 0 saturated carbocycles. The molecule has 2 aromatic rings. The van der Waals surface area contributed by atoms with Gasteiger partial charge < -0.3 is 10.1 Å². The molecular formula is C14H17NO2. The van der Waals surface area contributed by atoms with Crippen LogP contribution in [0.25, 0.3) is 10.9 Å². The molecule has 3 heteroatoms. The van der Waals surface area contributed by atoms with Gasteiger partial charge in [0.2, 0.25) is 0 Å². The van der Waals surface area contributed by atoms with Crippen LogP contribution in [-0.4, -0.2) is 16.1 Å². The number of hydrogen-bond donors (Lipinski definition) is 2. The summed E-state index contributed by atoms with van der Waals surface area (Å²) in [5, 5.41) is 10.4. The molecule has 0 radical (unpaired) electrons. The van der Waals surface area contributed by atoms with E-state index in [2.05, 4.69) is 4.98 Å². The van der Waals surface area contributed by atoms with E-state index in [9.17, 15) is 9.90 Å². The number of aromatic amines is 1. The van der Waals surface area contributed by atoms with Crippen molar-refractivity contribution in [3.05, 3.63) is 36.0 Å². The molecule has 17 heavy (non-hydrogen) atoms. The van der Waals surface area contributed by atoms with Crippen molar-refractivity contribution in [3.63, 3.8) is 0 Å². The summed E-state index contributed by atoms with van der Waals surface area (Å²) in [6.07, 6.45) is 2.49. The number of rotatable bonds is 4. The highest BCUT2D eigenvalue weighted by Gasteiger charge is 2.23. The van der Waals surface area contributed by atoms with Crippen molar-refractivity contribution in [1.82, 2.24) is 4.98 Å². The van der Waals surface area contributed by atoms with Crippen molar-refractivity contribution < 1.29 is 9.90 Å². The molecule has 0 spiro atoms. The highest BCUT2D eigenvalue weighted by molar-refractivity contribution is 5.89. The fraction of sp³-hybridized carbons (Fsp3) is 0.357. The highest BCUT2D eigenvalue weighted by Crippen LogP contribution is 2.30. The fourth-order valence-electron chi connectivity index (χ4n) is 2.21. The maximum absolute atomic E-state index is 11.4. The van der Waals surface area contributed by atoms with E-state index in [0.717, 1.165) is 16.5 Å². The monoisotopic (exact) mass is 231 g/mol. The van der Waals surface area contributed by atoms with Gasteiger partial charge in [0.25, 0.3) is 0 Å². The van der Waals surface area contributed by atoms with Gasteiger partial charge in [-0.1, -0.05) is 32.0 Å². The second kappa shape index (κ2) is 4.62. The van der Waals surface area contributed by atoms with Crippen LogP contribution in [0.15, 0.2) is 30.5 Å². The van der Waals surface area contributed by atoms with Crippen LogP contribution in [0.1, 0.15) is 31.7 Å². The van der Waals surface area contributed by atoms with Crippen LogP contribution in [0, 0.1) is 5.92 Å². The van der Waals surface area contributed by atoms with E-state index < -0.39 is 11.9 Å². The Hall–Kier alpha value is -1.77. The predicted molar refractivity (Wildman–Crippen MR) is 68.1 cm³/mol. The Morgan fingerprint density at radius 2 is 2.06 bits per heavy atom. The van der Waals surface area contributed by atoms with Crippen molar-refractivity contribution in [2.75, 3.05) is 0 Å². The Labute approximate surface area is 100 Å². The Morgan fingerprint density at radius 1 is 1.35 bits per heavy atom. The number of carboxylic acids is 1. The molecule has 1 aromatic carbocycles. The van der Waals surface area contributed by atoms with Gasteiger partial charge in [-0.2, -0.15) is 0 Å². The molecule has 0 bridgehead atoms. The SMILES string of the molecule is CC(C)CC(C(=O)O)c1c[nH]c2ccccc12. The molecule has 3 nitrogen and oxygen atoms in total. The maximum Gasteiger partial charge on any atom is 0.311 e. The molecule has 0 fully saturated rings. The molecule has 2 N–H and O–H groups in total. The molecular weight excluding hydrogens is 214 g/mol. The van der Waals surface area contributed by atoms with Crippen LogP contribution in [-0.2, 0) is 4.79 Å². The number of H-pyrrole nitrogens is 1. The normalized spacial score (nSPS) is 13.1. The van der Waals surface area contributed by atoms with Crippen LogP contribution in [0.2, 0.25) is 0 Å². The Bertz CT molecular complexity index is 528. The Morgan fingerprint density at radius 3 is 2.71 bits per heavy atom. The van der Waals surface area contributed by atoms with Gasteiger partial charge in [0.05, 0.1) is 5.92 Å². The van der Waals surface area contributed by atoms with Crippen molar-refractivity contribution in [2.45, 2.75) is 26.2 Å². The predicted octanol–water partition coefficient (Wildman–Crippen LogP) is 3.38. The molecule has 0 aliphatic heterocycles. The third kappa shape index (κ3) is 2.33. The third-order valence-corrected chi connectivity index (χ3v) is 3.00. The summed E-state index contributed by atoms with van der Waals surface area (Å²) in [6.45, 7) is 4.09. The van der Waals surface area contributed by atoms with Crippen LogP contribution in [0.3, 0.4) is 0 Å². The second-order valence-corrected chi connectivity index (χ2v) is 4.81. The highest BCUT2D eigenvalue weighted by atomic mass is 16.4. The molecule has 0 aliphatic rings. The summed E-state index contributed by atoms with van der Waals surface area (Å²) < 4.78 is 0. The molecule has 1 heterocycles. The number of fused-ring (bicyclic) bond motifs is 1. The van der Waals surface area contributed by atoms with Gasteiger partial charge >= 0.3 is 5.97 Å². The molecule has 90 valence electrons. The summed E-state index contributed by atoms with van der Waals surface area (Å²) in [4.78, 5) is 14.5. The van der Waals surface area contributed by atoms with Gasteiger partial charge in [-0.3, -0.25) is 4.79 Å². The summed E-state index contributed by atoms with van der Waals surface area (Å²) in [7, 11) is 0. The summed E-state index contributed by atoms with van der Waals surface area (Å²) in [5.74, 6) is -0.806. The lowest BCUT2D eigenvalue weighted by Gasteiger charge is -2.13. The van der Waals surface area contributed by atoms with Crippen molar-refractivity contribution in [2.24, 2.45) is 5.92 Å². The molecule has 0 saturated heterocycles. The summed E-state index contributed by atoms with van der Waals surface area (Å²) in [5.41, 5.74) is 1.89. The molecule has 0 aliphatic carbocycles. The lowest BCUT2D eigenvalue weighted by atomic mass is 9.90. The molecule has 0 amide bonds. The number of hydrogen-bond acceptors (Lipinski definition) is 1. The van der Waals surface area contributed by atoms with E-state index in [-0.39, 0.29) is 0 Å². The minimum atomic E-state index is -0.747. The molecule has 1 atom stereocenters. The number of aliphatic carboxylic acids is 1. The largest absolute Gasteiger partial charge is 0.481 e. The minimum Gasteiger partial charge on any atom is -0.481 e. The Balaban J connectivity index is 2.45. The van der Waals surface area contributed by atoms with E-state index in [1.54, 1.807) is 0 Å². The van der Waals surface area contributed by atoms with E-state index in [0.29, 0.717) is 12.3 Å². The van der Waals surface area contributed by atoms with Gasteiger partial charge in [-0.05, 0) is 24.0 Å². The van der Waals surface area contributed by atoms with Gasteiger partial charge in [0.15, 0.2) is 0 Å².